The van der Waals surface area contributed by atoms with Gasteiger partial charge >= 0.3 is 0 Å². The van der Waals surface area contributed by atoms with Gasteiger partial charge < -0.3 is 4.90 Å². The first-order valence-electron chi connectivity index (χ1n) is 6.41. The summed E-state index contributed by atoms with van der Waals surface area (Å²) in [6, 6.07) is 0. The molecule has 2 nitrogen and oxygen atoms in total. The summed E-state index contributed by atoms with van der Waals surface area (Å²) in [6.45, 7) is 5.81. The van der Waals surface area contributed by atoms with Crippen LogP contribution in [0.25, 0.3) is 0 Å². The van der Waals surface area contributed by atoms with Crippen molar-refractivity contribution in [3.05, 3.63) is 0 Å². The van der Waals surface area contributed by atoms with E-state index in [1.165, 1.54) is 38.5 Å². The molecular formula is C13H22BrNO. The van der Waals surface area contributed by atoms with Crippen molar-refractivity contribution < 1.29 is 4.79 Å². The summed E-state index contributed by atoms with van der Waals surface area (Å²) in [5, 5.41) is 0. The Hall–Kier alpha value is -0.0500. The van der Waals surface area contributed by atoms with Gasteiger partial charge in [-0.1, -0.05) is 28.8 Å². The number of carbonyl (C=O) groups excluding carboxylic acids is 1. The van der Waals surface area contributed by atoms with Crippen LogP contribution in [0.3, 0.4) is 0 Å². The number of carbonyl (C=O) groups is 1. The van der Waals surface area contributed by atoms with E-state index in [2.05, 4.69) is 15.9 Å². The van der Waals surface area contributed by atoms with E-state index in [0.717, 1.165) is 13.1 Å². The minimum Gasteiger partial charge on any atom is -0.341 e. The van der Waals surface area contributed by atoms with Crippen molar-refractivity contribution in [3.63, 3.8) is 0 Å². The third-order valence-corrected chi connectivity index (χ3v) is 4.62. The van der Waals surface area contributed by atoms with Crippen LogP contribution in [0.2, 0.25) is 0 Å². The zero-order valence-corrected chi connectivity index (χ0v) is 12.0. The number of rotatable bonds is 1. The van der Waals surface area contributed by atoms with Gasteiger partial charge in [-0.3, -0.25) is 4.79 Å². The smallest absolute Gasteiger partial charge is 0.238 e. The summed E-state index contributed by atoms with van der Waals surface area (Å²) in [5.41, 5.74) is 0.604. The van der Waals surface area contributed by atoms with E-state index in [1.807, 2.05) is 18.7 Å². The number of alkyl halides is 1. The molecule has 0 aromatic heterocycles. The Balaban J connectivity index is 1.92. The third kappa shape index (κ3) is 2.44. The topological polar surface area (TPSA) is 20.3 Å². The fourth-order valence-corrected chi connectivity index (χ4v) is 3.44. The fraction of sp³-hybridized carbons (Fsp3) is 0.923. The second-order valence-electron chi connectivity index (χ2n) is 5.97. The molecule has 0 aromatic carbocycles. The average molecular weight is 288 g/mol. The minimum absolute atomic E-state index is 0.250. The molecule has 1 heterocycles. The van der Waals surface area contributed by atoms with Crippen molar-refractivity contribution in [3.8, 4) is 0 Å². The van der Waals surface area contributed by atoms with Crippen LogP contribution >= 0.6 is 15.9 Å². The molecule has 1 saturated carbocycles. The number of amides is 1. The van der Waals surface area contributed by atoms with E-state index in [0.29, 0.717) is 5.41 Å². The first-order chi connectivity index (χ1) is 7.43. The standard InChI is InChI=1S/C13H22BrNO/c1-12(2,14)11(16)15-9-7-13(8-10-15)5-3-4-6-13/h3-10H2,1-2H3. The van der Waals surface area contributed by atoms with Crippen molar-refractivity contribution in [2.45, 2.75) is 56.7 Å². The molecule has 1 saturated heterocycles. The van der Waals surface area contributed by atoms with Gasteiger partial charge in [0.05, 0.1) is 4.32 Å². The number of likely N-dealkylation sites (tertiary alicyclic amines) is 1. The molecule has 3 heteroatoms. The molecule has 0 unspecified atom stereocenters. The monoisotopic (exact) mass is 287 g/mol. The number of hydrogen-bond donors (Lipinski definition) is 0. The molecule has 0 aromatic rings. The van der Waals surface area contributed by atoms with E-state index in [4.69, 9.17) is 0 Å². The van der Waals surface area contributed by atoms with Gasteiger partial charge in [-0.15, -0.1) is 0 Å². The highest BCUT2D eigenvalue weighted by molar-refractivity contribution is 9.10. The fourth-order valence-electron chi connectivity index (χ4n) is 3.19. The van der Waals surface area contributed by atoms with Crippen LogP contribution in [-0.2, 0) is 4.79 Å². The van der Waals surface area contributed by atoms with Crippen molar-refractivity contribution in [1.82, 2.24) is 4.90 Å². The average Bonchev–Trinajstić information content (AvgIpc) is 2.66. The Morgan fingerprint density at radius 3 is 2.06 bits per heavy atom. The third-order valence-electron chi connectivity index (χ3n) is 4.28. The number of piperidine rings is 1. The minimum atomic E-state index is -0.396. The summed E-state index contributed by atoms with van der Waals surface area (Å²) in [6.07, 6.45) is 8.04. The highest BCUT2D eigenvalue weighted by atomic mass is 79.9. The van der Waals surface area contributed by atoms with Crippen LogP contribution in [0.5, 0.6) is 0 Å². The van der Waals surface area contributed by atoms with Crippen molar-refractivity contribution in [2.24, 2.45) is 5.41 Å². The van der Waals surface area contributed by atoms with Gasteiger partial charge in [-0.2, -0.15) is 0 Å². The first kappa shape index (κ1) is 12.4. The molecule has 0 bridgehead atoms. The van der Waals surface area contributed by atoms with E-state index >= 15 is 0 Å². The van der Waals surface area contributed by atoms with Gasteiger partial charge in [0, 0.05) is 13.1 Å². The summed E-state index contributed by atoms with van der Waals surface area (Å²) in [5.74, 6) is 0.250. The predicted octanol–water partition coefficient (Wildman–Crippen LogP) is 3.34. The Morgan fingerprint density at radius 1 is 1.12 bits per heavy atom. The lowest BCUT2D eigenvalue weighted by molar-refractivity contribution is -0.135. The van der Waals surface area contributed by atoms with E-state index in [9.17, 15) is 4.79 Å². The molecule has 0 atom stereocenters. The van der Waals surface area contributed by atoms with Crippen LogP contribution in [0.4, 0.5) is 0 Å². The quantitative estimate of drug-likeness (QED) is 0.678. The van der Waals surface area contributed by atoms with Crippen LogP contribution < -0.4 is 0 Å². The summed E-state index contributed by atoms with van der Waals surface area (Å²) in [7, 11) is 0. The Bertz CT molecular complexity index is 266. The van der Waals surface area contributed by atoms with E-state index in [-0.39, 0.29) is 5.91 Å². The van der Waals surface area contributed by atoms with Gasteiger partial charge in [-0.05, 0) is 44.9 Å². The molecule has 2 fully saturated rings. The van der Waals surface area contributed by atoms with E-state index < -0.39 is 4.32 Å². The molecule has 92 valence electrons. The molecule has 1 amide bonds. The Morgan fingerprint density at radius 2 is 1.62 bits per heavy atom. The van der Waals surface area contributed by atoms with Crippen LogP contribution in [0.15, 0.2) is 0 Å². The van der Waals surface area contributed by atoms with Gasteiger partial charge in [0.1, 0.15) is 0 Å². The Labute approximate surface area is 107 Å². The second kappa shape index (κ2) is 4.32. The summed E-state index contributed by atoms with van der Waals surface area (Å²) < 4.78 is -0.396. The molecule has 2 aliphatic rings. The molecule has 1 aliphatic heterocycles. The van der Waals surface area contributed by atoms with Gasteiger partial charge in [-0.25, -0.2) is 0 Å². The Kier molecular flexibility index (Phi) is 3.35. The second-order valence-corrected chi connectivity index (χ2v) is 7.95. The summed E-state index contributed by atoms with van der Waals surface area (Å²) >= 11 is 3.46. The maximum atomic E-state index is 12.1. The number of hydrogen-bond acceptors (Lipinski definition) is 1. The molecule has 1 aliphatic carbocycles. The van der Waals surface area contributed by atoms with Crippen molar-refractivity contribution in [1.29, 1.82) is 0 Å². The molecule has 0 N–H and O–H groups in total. The largest absolute Gasteiger partial charge is 0.341 e. The predicted molar refractivity (Wildman–Crippen MR) is 69.7 cm³/mol. The van der Waals surface area contributed by atoms with Crippen LogP contribution in [0, 0.1) is 5.41 Å². The SMILES string of the molecule is CC(C)(Br)C(=O)N1CCC2(CCCC2)CC1. The van der Waals surface area contributed by atoms with Gasteiger partial charge in [0.15, 0.2) is 0 Å². The maximum absolute atomic E-state index is 12.1. The zero-order valence-electron chi connectivity index (χ0n) is 10.4. The number of nitrogens with zero attached hydrogens (tertiary/aromatic N) is 1. The van der Waals surface area contributed by atoms with Gasteiger partial charge in [0.2, 0.25) is 5.91 Å². The van der Waals surface area contributed by atoms with Gasteiger partial charge in [0.25, 0.3) is 0 Å². The van der Waals surface area contributed by atoms with Crippen molar-refractivity contribution in [2.75, 3.05) is 13.1 Å². The molecular weight excluding hydrogens is 266 g/mol. The lowest BCUT2D eigenvalue weighted by atomic mass is 9.77. The molecule has 2 rings (SSSR count). The lowest BCUT2D eigenvalue weighted by Gasteiger charge is -2.41. The van der Waals surface area contributed by atoms with Crippen LogP contribution in [0.1, 0.15) is 52.4 Å². The maximum Gasteiger partial charge on any atom is 0.238 e. The first-order valence-corrected chi connectivity index (χ1v) is 7.21. The highest BCUT2D eigenvalue weighted by Gasteiger charge is 2.39. The zero-order chi connectivity index (χ0) is 11.8. The molecule has 1 spiro atoms. The molecule has 0 radical (unpaired) electrons. The lowest BCUT2D eigenvalue weighted by Crippen LogP contribution is -2.47. The van der Waals surface area contributed by atoms with Crippen LogP contribution in [-0.4, -0.2) is 28.2 Å². The normalized spacial score (nSPS) is 25.1. The number of halogens is 1. The van der Waals surface area contributed by atoms with E-state index in [1.54, 1.807) is 0 Å². The summed E-state index contributed by atoms with van der Waals surface area (Å²) in [4.78, 5) is 14.1. The van der Waals surface area contributed by atoms with Crippen molar-refractivity contribution >= 4 is 21.8 Å². The molecule has 16 heavy (non-hydrogen) atoms. The highest BCUT2D eigenvalue weighted by Crippen LogP contribution is 2.46.